The molecule has 4 aromatic heterocycles. The Bertz CT molecular complexity index is 1260. The molecule has 4 heterocycles. The summed E-state index contributed by atoms with van der Waals surface area (Å²) < 4.78 is 2.06. The molecule has 0 N–H and O–H groups in total. The molecule has 5 rings (SSSR count). The van der Waals surface area contributed by atoms with Gasteiger partial charge in [0.25, 0.3) is 0 Å². The zero-order valence-electron chi connectivity index (χ0n) is 14.2. The zero-order valence-corrected chi connectivity index (χ0v) is 14.2. The van der Waals surface area contributed by atoms with Crippen LogP contribution in [0.1, 0.15) is 5.69 Å². The van der Waals surface area contributed by atoms with Crippen molar-refractivity contribution in [2.24, 2.45) is 0 Å². The smallest absolute Gasteiger partial charge is 0.156 e. The highest BCUT2D eigenvalue weighted by Gasteiger charge is 2.17. The van der Waals surface area contributed by atoms with Gasteiger partial charge in [-0.3, -0.25) is 19.4 Å². The number of aromatic nitrogens is 5. The Morgan fingerprint density at radius 1 is 0.923 bits per heavy atom. The minimum Gasteiger partial charge on any atom is -0.296 e. The number of hydrogen-bond donors (Lipinski definition) is 0. The van der Waals surface area contributed by atoms with Crippen molar-refractivity contribution in [1.29, 1.82) is 0 Å². The highest BCUT2D eigenvalue weighted by Crippen LogP contribution is 2.33. The van der Waals surface area contributed by atoms with Crippen LogP contribution < -0.4 is 0 Å². The van der Waals surface area contributed by atoms with E-state index in [-0.39, 0.29) is 0 Å². The fourth-order valence-electron chi connectivity index (χ4n) is 3.26. The van der Waals surface area contributed by atoms with Gasteiger partial charge < -0.3 is 0 Å². The van der Waals surface area contributed by atoms with Crippen LogP contribution in [0.3, 0.4) is 0 Å². The van der Waals surface area contributed by atoms with Crippen LogP contribution in [0.5, 0.6) is 0 Å². The van der Waals surface area contributed by atoms with Crippen molar-refractivity contribution in [2.75, 3.05) is 0 Å². The maximum absolute atomic E-state index is 4.80. The molecular formula is C21H15N5. The molecule has 0 radical (unpaired) electrons. The van der Waals surface area contributed by atoms with Crippen LogP contribution in [0.15, 0.2) is 73.3 Å². The largest absolute Gasteiger partial charge is 0.296 e. The van der Waals surface area contributed by atoms with Crippen molar-refractivity contribution in [3.63, 3.8) is 0 Å². The normalized spacial score (nSPS) is 11.3. The van der Waals surface area contributed by atoms with Crippen LogP contribution in [-0.4, -0.2) is 24.3 Å². The molecule has 0 saturated carbocycles. The van der Waals surface area contributed by atoms with Crippen LogP contribution in [0.25, 0.3) is 39.2 Å². The first-order valence-corrected chi connectivity index (χ1v) is 8.41. The minimum atomic E-state index is 0.798. The van der Waals surface area contributed by atoms with Crippen LogP contribution in [0.2, 0.25) is 0 Å². The molecule has 0 atom stereocenters. The Labute approximate surface area is 150 Å². The van der Waals surface area contributed by atoms with Gasteiger partial charge in [-0.2, -0.15) is 0 Å². The number of nitrogens with zero attached hydrogens (tertiary/aromatic N) is 5. The Morgan fingerprint density at radius 2 is 1.88 bits per heavy atom. The highest BCUT2D eigenvalue weighted by molar-refractivity contribution is 5.88. The van der Waals surface area contributed by atoms with Crippen molar-refractivity contribution in [2.45, 2.75) is 6.92 Å². The van der Waals surface area contributed by atoms with E-state index in [2.05, 4.69) is 37.6 Å². The number of fused-ring (bicyclic) bond motifs is 2. The van der Waals surface area contributed by atoms with E-state index in [1.54, 1.807) is 12.4 Å². The third-order valence-corrected chi connectivity index (χ3v) is 4.44. The lowest BCUT2D eigenvalue weighted by atomic mass is 10.1. The van der Waals surface area contributed by atoms with E-state index in [4.69, 9.17) is 4.98 Å². The van der Waals surface area contributed by atoms with E-state index in [0.717, 1.165) is 44.9 Å². The molecule has 0 saturated heterocycles. The van der Waals surface area contributed by atoms with Gasteiger partial charge in [-0.15, -0.1) is 0 Å². The molecule has 26 heavy (non-hydrogen) atoms. The average molecular weight is 337 g/mol. The van der Waals surface area contributed by atoms with Crippen molar-refractivity contribution in [3.05, 3.63) is 79.0 Å². The predicted octanol–water partition coefficient (Wildman–Crippen LogP) is 4.31. The van der Waals surface area contributed by atoms with E-state index >= 15 is 0 Å². The fourth-order valence-corrected chi connectivity index (χ4v) is 3.26. The first kappa shape index (κ1) is 14.7. The second-order valence-electron chi connectivity index (χ2n) is 6.19. The summed E-state index contributed by atoms with van der Waals surface area (Å²) in [5.41, 5.74) is 6.52. The van der Waals surface area contributed by atoms with Crippen LogP contribution in [-0.2, 0) is 0 Å². The fraction of sp³-hybridized carbons (Fsp3) is 0.0476. The Hall–Kier alpha value is -3.60. The number of pyridine rings is 2. The number of rotatable bonds is 2. The van der Waals surface area contributed by atoms with Crippen molar-refractivity contribution < 1.29 is 0 Å². The molecule has 0 aliphatic carbocycles. The monoisotopic (exact) mass is 337 g/mol. The van der Waals surface area contributed by atoms with Crippen LogP contribution >= 0.6 is 0 Å². The van der Waals surface area contributed by atoms with Gasteiger partial charge in [0.05, 0.1) is 23.1 Å². The van der Waals surface area contributed by atoms with Crippen molar-refractivity contribution in [3.8, 4) is 22.6 Å². The van der Waals surface area contributed by atoms with Gasteiger partial charge in [-0.25, -0.2) is 4.98 Å². The molecule has 124 valence electrons. The van der Waals surface area contributed by atoms with E-state index in [9.17, 15) is 0 Å². The summed E-state index contributed by atoms with van der Waals surface area (Å²) in [5, 5.41) is 1.09. The lowest BCUT2D eigenvalue weighted by Crippen LogP contribution is -1.92. The van der Waals surface area contributed by atoms with Gasteiger partial charge in [0.1, 0.15) is 5.69 Å². The van der Waals surface area contributed by atoms with Crippen LogP contribution in [0.4, 0.5) is 0 Å². The van der Waals surface area contributed by atoms with Gasteiger partial charge in [-0.05, 0) is 37.3 Å². The average Bonchev–Trinajstić information content (AvgIpc) is 3.07. The molecule has 5 heteroatoms. The van der Waals surface area contributed by atoms with Gasteiger partial charge >= 0.3 is 0 Å². The first-order chi connectivity index (χ1) is 12.8. The molecule has 0 spiro atoms. The molecule has 5 nitrogen and oxygen atoms in total. The SMILES string of the molecule is Cc1cccc(-c2nc3cnccn3c2-c2ccc3ncccc3c2)n1. The molecular weight excluding hydrogens is 322 g/mol. The lowest BCUT2D eigenvalue weighted by molar-refractivity contribution is 1.13. The van der Waals surface area contributed by atoms with E-state index in [1.807, 2.05) is 49.6 Å². The maximum Gasteiger partial charge on any atom is 0.156 e. The summed E-state index contributed by atoms with van der Waals surface area (Å²) in [6, 6.07) is 16.3. The maximum atomic E-state index is 4.80. The quantitative estimate of drug-likeness (QED) is 0.481. The van der Waals surface area contributed by atoms with E-state index in [0.29, 0.717) is 0 Å². The summed E-state index contributed by atoms with van der Waals surface area (Å²) in [6.07, 6.45) is 7.29. The minimum absolute atomic E-state index is 0.798. The Balaban J connectivity index is 1.83. The molecule has 1 aromatic carbocycles. The third-order valence-electron chi connectivity index (χ3n) is 4.44. The first-order valence-electron chi connectivity index (χ1n) is 8.41. The van der Waals surface area contributed by atoms with Crippen molar-refractivity contribution >= 4 is 16.6 Å². The van der Waals surface area contributed by atoms with Crippen molar-refractivity contribution in [1.82, 2.24) is 24.3 Å². The summed E-state index contributed by atoms with van der Waals surface area (Å²) in [5.74, 6) is 0. The third kappa shape index (κ3) is 2.33. The Morgan fingerprint density at radius 3 is 2.81 bits per heavy atom. The summed E-state index contributed by atoms with van der Waals surface area (Å²) in [7, 11) is 0. The lowest BCUT2D eigenvalue weighted by Gasteiger charge is -2.07. The second-order valence-corrected chi connectivity index (χ2v) is 6.19. The summed E-state index contributed by atoms with van der Waals surface area (Å²) in [6.45, 7) is 1.99. The number of benzene rings is 1. The highest BCUT2D eigenvalue weighted by atomic mass is 15.0. The zero-order chi connectivity index (χ0) is 17.5. The molecule has 0 aliphatic heterocycles. The topological polar surface area (TPSA) is 56.0 Å². The predicted molar refractivity (Wildman–Crippen MR) is 102 cm³/mol. The van der Waals surface area contributed by atoms with Gasteiger partial charge in [-0.1, -0.05) is 18.2 Å². The molecule has 0 bridgehead atoms. The van der Waals surface area contributed by atoms with Crippen LogP contribution in [0, 0.1) is 6.92 Å². The number of hydrogen-bond acceptors (Lipinski definition) is 4. The molecule has 0 unspecified atom stereocenters. The standard InChI is InChI=1S/C21H15N5/c1-14-4-2-6-18(24-14)20-21(26-11-10-22-13-19(26)25-20)16-7-8-17-15(12-16)5-3-9-23-17/h2-13H,1H3. The van der Waals surface area contributed by atoms with Gasteiger partial charge in [0.15, 0.2) is 5.65 Å². The van der Waals surface area contributed by atoms with Gasteiger partial charge in [0.2, 0.25) is 0 Å². The van der Waals surface area contributed by atoms with Gasteiger partial charge in [0, 0.05) is 35.2 Å². The molecule has 0 amide bonds. The number of imidazole rings is 1. The number of aryl methyl sites for hydroxylation is 1. The second kappa shape index (κ2) is 5.74. The Kier molecular flexibility index (Phi) is 3.25. The molecule has 0 aliphatic rings. The van der Waals surface area contributed by atoms with E-state index < -0.39 is 0 Å². The van der Waals surface area contributed by atoms with E-state index in [1.165, 1.54) is 0 Å². The molecule has 5 aromatic rings. The molecule has 0 fully saturated rings. The summed E-state index contributed by atoms with van der Waals surface area (Å²) >= 11 is 0. The summed E-state index contributed by atoms with van der Waals surface area (Å²) in [4.78, 5) is 18.1.